The number of hydrogen-bond acceptors (Lipinski definition) is 6. The Hall–Kier alpha value is -4.42. The van der Waals surface area contributed by atoms with E-state index in [1.54, 1.807) is 24.1 Å². The number of aryl methyl sites for hydroxylation is 1. The number of nitrogens with zero attached hydrogens (tertiary/aromatic N) is 7. The number of halogens is 3. The smallest absolute Gasteiger partial charge is 0.418 e. The number of carbonyl (C=O) groups excluding carboxylic acids is 1. The quantitative estimate of drug-likeness (QED) is 0.423. The van der Waals surface area contributed by atoms with E-state index < -0.39 is 23.7 Å². The highest BCUT2D eigenvalue weighted by molar-refractivity contribution is 5.92. The second-order valence-corrected chi connectivity index (χ2v) is 8.17. The maximum atomic E-state index is 13.6. The average molecular weight is 482 g/mol. The van der Waals surface area contributed by atoms with Crippen molar-refractivity contribution in [2.75, 3.05) is 6.54 Å². The van der Waals surface area contributed by atoms with Crippen molar-refractivity contribution in [1.29, 1.82) is 0 Å². The summed E-state index contributed by atoms with van der Waals surface area (Å²) in [5, 5.41) is 8.45. The third kappa shape index (κ3) is 3.47. The number of amides is 1. The Kier molecular flexibility index (Phi) is 4.56. The summed E-state index contributed by atoms with van der Waals surface area (Å²) < 4.78 is 49.2. The fourth-order valence-corrected chi connectivity index (χ4v) is 4.38. The van der Waals surface area contributed by atoms with Gasteiger partial charge in [0.2, 0.25) is 11.7 Å². The molecular weight excluding hydrogens is 465 g/mol. The molecule has 6 heterocycles. The molecule has 1 N–H and O–H groups in total. The fourth-order valence-electron chi connectivity index (χ4n) is 4.38. The van der Waals surface area contributed by atoms with E-state index in [9.17, 15) is 18.0 Å². The lowest BCUT2D eigenvalue weighted by molar-refractivity contribution is -0.136. The van der Waals surface area contributed by atoms with Crippen molar-refractivity contribution in [2.24, 2.45) is 7.05 Å². The number of H-pyrrole nitrogens is 1. The first-order valence-corrected chi connectivity index (χ1v) is 10.6. The van der Waals surface area contributed by atoms with Gasteiger partial charge in [-0.3, -0.25) is 9.48 Å². The molecule has 0 radical (unpaired) electrons. The molecule has 0 bridgehead atoms. The Morgan fingerprint density at radius 2 is 2.11 bits per heavy atom. The molecule has 1 atom stereocenters. The number of alkyl halides is 3. The van der Waals surface area contributed by atoms with Gasteiger partial charge in [0, 0.05) is 38.1 Å². The zero-order valence-electron chi connectivity index (χ0n) is 18.2. The first kappa shape index (κ1) is 21.1. The largest absolute Gasteiger partial charge is 0.431 e. The fraction of sp³-hybridized carbons (Fsp3) is 0.227. The SMILES string of the molecule is Cn1cc(-c2ncc(C(=O)N3CCc4[nH]cnc4[C@H]3c3cc4c(C(F)(F)F)cccn4n3)o2)cn1. The van der Waals surface area contributed by atoms with E-state index >= 15 is 0 Å². The minimum atomic E-state index is -4.55. The van der Waals surface area contributed by atoms with Crippen LogP contribution < -0.4 is 0 Å². The van der Waals surface area contributed by atoms with Crippen LogP contribution in [0.2, 0.25) is 0 Å². The van der Waals surface area contributed by atoms with Gasteiger partial charge in [0.25, 0.3) is 5.91 Å². The number of nitrogens with one attached hydrogen (secondary N) is 1. The monoisotopic (exact) mass is 482 g/mol. The predicted molar refractivity (Wildman–Crippen MR) is 114 cm³/mol. The van der Waals surface area contributed by atoms with Crippen LogP contribution >= 0.6 is 0 Å². The van der Waals surface area contributed by atoms with Crippen molar-refractivity contribution in [1.82, 2.24) is 39.2 Å². The van der Waals surface area contributed by atoms with Crippen LogP contribution in [0, 0.1) is 0 Å². The van der Waals surface area contributed by atoms with E-state index in [0.29, 0.717) is 17.7 Å². The van der Waals surface area contributed by atoms with E-state index in [2.05, 4.69) is 25.1 Å². The molecule has 0 aromatic carbocycles. The van der Waals surface area contributed by atoms with Gasteiger partial charge in [-0.2, -0.15) is 23.4 Å². The Balaban J connectivity index is 1.42. The molecule has 10 nitrogen and oxygen atoms in total. The molecule has 0 unspecified atom stereocenters. The maximum Gasteiger partial charge on any atom is 0.418 e. The minimum absolute atomic E-state index is 0.00687. The molecule has 5 aromatic heterocycles. The van der Waals surface area contributed by atoms with Gasteiger partial charge >= 0.3 is 6.18 Å². The summed E-state index contributed by atoms with van der Waals surface area (Å²) in [6.07, 6.45) is 3.46. The van der Waals surface area contributed by atoms with Crippen LogP contribution in [0.15, 0.2) is 53.7 Å². The Morgan fingerprint density at radius 1 is 1.26 bits per heavy atom. The molecule has 0 saturated carbocycles. The van der Waals surface area contributed by atoms with Gasteiger partial charge in [-0.15, -0.1) is 0 Å². The van der Waals surface area contributed by atoms with E-state index in [1.807, 2.05) is 0 Å². The van der Waals surface area contributed by atoms with Crippen LogP contribution in [-0.2, 0) is 19.6 Å². The van der Waals surface area contributed by atoms with Gasteiger partial charge in [-0.05, 0) is 18.2 Å². The highest BCUT2D eigenvalue weighted by Gasteiger charge is 2.39. The van der Waals surface area contributed by atoms with E-state index in [-0.39, 0.29) is 29.4 Å². The number of rotatable bonds is 3. The molecule has 0 aliphatic carbocycles. The summed E-state index contributed by atoms with van der Waals surface area (Å²) in [5.41, 5.74) is 1.26. The predicted octanol–water partition coefficient (Wildman–Crippen LogP) is 3.25. The van der Waals surface area contributed by atoms with Crippen LogP contribution in [0.4, 0.5) is 13.2 Å². The van der Waals surface area contributed by atoms with Gasteiger partial charge in [0.1, 0.15) is 6.04 Å². The van der Waals surface area contributed by atoms with Gasteiger partial charge in [-0.25, -0.2) is 14.5 Å². The lowest BCUT2D eigenvalue weighted by atomic mass is 9.99. The Labute approximate surface area is 195 Å². The lowest BCUT2D eigenvalue weighted by Gasteiger charge is -2.33. The van der Waals surface area contributed by atoms with Gasteiger partial charge in [0.15, 0.2) is 0 Å². The van der Waals surface area contributed by atoms with Crippen molar-refractivity contribution >= 4 is 11.4 Å². The molecule has 35 heavy (non-hydrogen) atoms. The number of imidazole rings is 1. The molecule has 13 heteroatoms. The molecule has 5 aromatic rings. The van der Waals surface area contributed by atoms with E-state index in [1.165, 1.54) is 35.8 Å². The van der Waals surface area contributed by atoms with E-state index in [0.717, 1.165) is 16.3 Å². The van der Waals surface area contributed by atoms with Crippen molar-refractivity contribution in [3.63, 3.8) is 0 Å². The summed E-state index contributed by atoms with van der Waals surface area (Å²) >= 11 is 0. The topological polar surface area (TPSA) is 110 Å². The van der Waals surface area contributed by atoms with Crippen LogP contribution in [0.5, 0.6) is 0 Å². The van der Waals surface area contributed by atoms with Crippen molar-refractivity contribution in [2.45, 2.75) is 18.6 Å². The first-order chi connectivity index (χ1) is 16.8. The summed E-state index contributed by atoms with van der Waals surface area (Å²) in [7, 11) is 1.75. The van der Waals surface area contributed by atoms with Gasteiger partial charge in [0.05, 0.1) is 46.8 Å². The van der Waals surface area contributed by atoms with Crippen molar-refractivity contribution < 1.29 is 22.4 Å². The molecule has 0 fully saturated rings. The van der Waals surface area contributed by atoms with Gasteiger partial charge < -0.3 is 14.3 Å². The highest BCUT2D eigenvalue weighted by Crippen LogP contribution is 2.37. The number of pyridine rings is 1. The van der Waals surface area contributed by atoms with Crippen LogP contribution in [0.25, 0.3) is 17.0 Å². The molecule has 1 amide bonds. The summed E-state index contributed by atoms with van der Waals surface area (Å²) in [4.78, 5) is 26.6. The highest BCUT2D eigenvalue weighted by atomic mass is 19.4. The van der Waals surface area contributed by atoms with Gasteiger partial charge in [-0.1, -0.05) is 0 Å². The third-order valence-corrected chi connectivity index (χ3v) is 5.96. The zero-order valence-corrected chi connectivity index (χ0v) is 18.2. The van der Waals surface area contributed by atoms with Crippen molar-refractivity contribution in [3.05, 3.63) is 77.7 Å². The Morgan fingerprint density at radius 3 is 2.89 bits per heavy atom. The molecule has 178 valence electrons. The molecule has 6 rings (SSSR count). The minimum Gasteiger partial charge on any atom is -0.431 e. The summed E-state index contributed by atoms with van der Waals surface area (Å²) in [6.45, 7) is 0.279. The number of hydrogen-bond donors (Lipinski definition) is 1. The van der Waals surface area contributed by atoms with E-state index in [4.69, 9.17) is 4.42 Å². The number of aromatic nitrogens is 7. The van der Waals surface area contributed by atoms with Crippen LogP contribution in [0.1, 0.15) is 39.2 Å². The van der Waals surface area contributed by atoms with Crippen LogP contribution in [0.3, 0.4) is 0 Å². The van der Waals surface area contributed by atoms with Crippen molar-refractivity contribution in [3.8, 4) is 11.5 Å². The number of oxazole rings is 1. The standard InChI is InChI=1S/C22H17F3N8O2/c1-31-10-12(8-29-31)20-26-9-17(35-20)21(34)32-6-4-14-18(28-11-27-14)19(32)15-7-16-13(22(23,24)25)3-2-5-33(16)30-15/h2-3,5,7-11,19H,4,6H2,1H3,(H,27,28)/t19-/m1/s1. The van der Waals surface area contributed by atoms with Crippen LogP contribution in [-0.4, -0.2) is 51.7 Å². The number of fused-ring (bicyclic) bond motifs is 2. The zero-order chi connectivity index (χ0) is 24.3. The molecule has 0 spiro atoms. The molecule has 1 aliphatic heterocycles. The second-order valence-electron chi connectivity index (χ2n) is 8.17. The molecule has 1 aliphatic rings. The number of aromatic amines is 1. The average Bonchev–Trinajstić information content (AvgIpc) is 3.62. The number of carbonyl (C=O) groups is 1. The lowest BCUT2D eigenvalue weighted by Crippen LogP contribution is -2.40. The Bertz CT molecular complexity index is 1560. The normalized spacial score (nSPS) is 16.1. The molecular formula is C22H17F3N8O2. The summed E-state index contributed by atoms with van der Waals surface area (Å²) in [6, 6.07) is 2.81. The second kappa shape index (κ2) is 7.55. The molecule has 0 saturated heterocycles. The first-order valence-electron chi connectivity index (χ1n) is 10.6. The maximum absolute atomic E-state index is 13.6. The third-order valence-electron chi connectivity index (χ3n) is 5.96. The summed E-state index contributed by atoms with van der Waals surface area (Å²) in [5.74, 6) is -0.245.